The summed E-state index contributed by atoms with van der Waals surface area (Å²) >= 11 is 0. The number of hydrogen-bond donors (Lipinski definition) is 0. The van der Waals surface area contributed by atoms with Crippen molar-refractivity contribution >= 4 is 29.4 Å². The van der Waals surface area contributed by atoms with E-state index in [0.717, 1.165) is 10.5 Å². The molecule has 0 N–H and O–H groups in total. The Labute approximate surface area is 201 Å². The van der Waals surface area contributed by atoms with Crippen molar-refractivity contribution in [1.82, 2.24) is 4.90 Å². The van der Waals surface area contributed by atoms with E-state index in [4.69, 9.17) is 0 Å². The number of nitrogens with zero attached hydrogens (tertiary/aromatic N) is 2. The van der Waals surface area contributed by atoms with Crippen LogP contribution in [0.1, 0.15) is 38.3 Å². The molecule has 3 aromatic carbocycles. The highest BCUT2D eigenvalue weighted by atomic mass is 19.1. The summed E-state index contributed by atoms with van der Waals surface area (Å²) < 4.78 is 18.1. The monoisotopic (exact) mass is 474 g/mol. The summed E-state index contributed by atoms with van der Waals surface area (Å²) in [7, 11) is 1.26. The number of rotatable bonds is 6. The smallest absolute Gasteiger partial charge is 0.337 e. The zero-order chi connectivity index (χ0) is 25.1. The highest BCUT2D eigenvalue weighted by Crippen LogP contribution is 2.28. The second-order valence-corrected chi connectivity index (χ2v) is 8.25. The van der Waals surface area contributed by atoms with Crippen molar-refractivity contribution < 1.29 is 28.3 Å². The van der Waals surface area contributed by atoms with E-state index in [1.807, 2.05) is 13.0 Å². The van der Waals surface area contributed by atoms with Crippen molar-refractivity contribution in [3.63, 3.8) is 0 Å². The summed E-state index contributed by atoms with van der Waals surface area (Å²) in [4.78, 5) is 54.0. The molecule has 7 nitrogen and oxygen atoms in total. The van der Waals surface area contributed by atoms with Crippen molar-refractivity contribution in [1.29, 1.82) is 0 Å². The Morgan fingerprint density at radius 2 is 1.69 bits per heavy atom. The maximum absolute atomic E-state index is 13.5. The third kappa shape index (κ3) is 4.96. The molecule has 1 atom stereocenters. The molecule has 4 rings (SSSR count). The second kappa shape index (κ2) is 9.89. The molecule has 1 heterocycles. The summed E-state index contributed by atoms with van der Waals surface area (Å²) in [6.45, 7) is 1.87. The quantitative estimate of drug-likeness (QED) is 0.400. The molecular weight excluding hydrogens is 451 g/mol. The van der Waals surface area contributed by atoms with Gasteiger partial charge in [-0.25, -0.2) is 14.1 Å². The predicted molar refractivity (Wildman–Crippen MR) is 126 cm³/mol. The standard InChI is InChI=1S/C27H23FN2O5/c1-17-4-3-5-20(14-17)25(32)29(16-18-6-10-21(28)11-7-18)23-15-24(31)30(26(23)33)22-12-8-19(9-13-22)27(34)35-2/h3-14,23H,15-16H2,1-2H3. The molecule has 35 heavy (non-hydrogen) atoms. The van der Waals surface area contributed by atoms with Gasteiger partial charge in [-0.3, -0.25) is 14.4 Å². The van der Waals surface area contributed by atoms with Gasteiger partial charge in [-0.1, -0.05) is 29.8 Å². The van der Waals surface area contributed by atoms with Gasteiger partial charge in [0.25, 0.3) is 11.8 Å². The minimum absolute atomic E-state index is 0.0197. The van der Waals surface area contributed by atoms with Gasteiger partial charge in [-0.15, -0.1) is 0 Å². The Balaban J connectivity index is 1.66. The van der Waals surface area contributed by atoms with Gasteiger partial charge in [0.1, 0.15) is 11.9 Å². The number of anilines is 1. The fourth-order valence-corrected chi connectivity index (χ4v) is 4.05. The number of imide groups is 1. The van der Waals surface area contributed by atoms with Crippen LogP contribution in [-0.4, -0.2) is 41.7 Å². The first-order chi connectivity index (χ1) is 16.8. The third-order valence-electron chi connectivity index (χ3n) is 5.84. The van der Waals surface area contributed by atoms with Crippen molar-refractivity contribution in [3.05, 3.63) is 101 Å². The molecule has 1 aliphatic rings. The van der Waals surface area contributed by atoms with E-state index in [9.17, 15) is 23.6 Å². The summed E-state index contributed by atoms with van der Waals surface area (Å²) in [6.07, 6.45) is -0.198. The van der Waals surface area contributed by atoms with Gasteiger partial charge in [0.05, 0.1) is 24.8 Å². The van der Waals surface area contributed by atoms with Crippen LogP contribution < -0.4 is 4.90 Å². The molecular formula is C27H23FN2O5. The first kappa shape index (κ1) is 23.8. The van der Waals surface area contributed by atoms with Crippen LogP contribution in [0.15, 0.2) is 72.8 Å². The molecule has 0 radical (unpaired) electrons. The topological polar surface area (TPSA) is 84.0 Å². The molecule has 0 spiro atoms. The minimum atomic E-state index is -1.04. The van der Waals surface area contributed by atoms with Gasteiger partial charge >= 0.3 is 5.97 Å². The number of carbonyl (C=O) groups is 4. The van der Waals surface area contributed by atoms with Gasteiger partial charge in [0.2, 0.25) is 5.91 Å². The van der Waals surface area contributed by atoms with E-state index < -0.39 is 35.5 Å². The molecule has 178 valence electrons. The number of ether oxygens (including phenoxy) is 1. The first-order valence-corrected chi connectivity index (χ1v) is 11.0. The van der Waals surface area contributed by atoms with E-state index in [0.29, 0.717) is 16.8 Å². The van der Waals surface area contributed by atoms with Crippen molar-refractivity contribution in [3.8, 4) is 0 Å². The SMILES string of the molecule is COC(=O)c1ccc(N2C(=O)CC(N(Cc3ccc(F)cc3)C(=O)c3cccc(C)c3)C2=O)cc1. The van der Waals surface area contributed by atoms with Gasteiger partial charge in [-0.2, -0.15) is 0 Å². The molecule has 3 aromatic rings. The number of esters is 1. The van der Waals surface area contributed by atoms with Gasteiger partial charge in [-0.05, 0) is 61.0 Å². The van der Waals surface area contributed by atoms with E-state index in [1.54, 1.807) is 18.2 Å². The van der Waals surface area contributed by atoms with Gasteiger partial charge in [0.15, 0.2) is 0 Å². The lowest BCUT2D eigenvalue weighted by Crippen LogP contribution is -2.45. The van der Waals surface area contributed by atoms with Crippen LogP contribution in [-0.2, 0) is 20.9 Å². The highest BCUT2D eigenvalue weighted by molar-refractivity contribution is 6.23. The summed E-state index contributed by atoms with van der Waals surface area (Å²) in [5.41, 5.74) is 2.44. The fraction of sp³-hybridized carbons (Fsp3) is 0.185. The lowest BCUT2D eigenvalue weighted by Gasteiger charge is -2.28. The van der Waals surface area contributed by atoms with Crippen LogP contribution in [0.3, 0.4) is 0 Å². The molecule has 1 saturated heterocycles. The van der Waals surface area contributed by atoms with Crippen molar-refractivity contribution in [2.75, 3.05) is 12.0 Å². The van der Waals surface area contributed by atoms with Gasteiger partial charge < -0.3 is 9.64 Å². The Morgan fingerprint density at radius 1 is 1.00 bits per heavy atom. The second-order valence-electron chi connectivity index (χ2n) is 8.25. The third-order valence-corrected chi connectivity index (χ3v) is 5.84. The largest absolute Gasteiger partial charge is 0.465 e. The first-order valence-electron chi connectivity index (χ1n) is 11.0. The predicted octanol–water partition coefficient (Wildman–Crippen LogP) is 3.90. The molecule has 0 bridgehead atoms. The summed E-state index contributed by atoms with van der Waals surface area (Å²) in [6, 6.07) is 17.4. The number of halogens is 1. The Morgan fingerprint density at radius 3 is 2.31 bits per heavy atom. The molecule has 8 heteroatoms. The van der Waals surface area contributed by atoms with E-state index in [2.05, 4.69) is 4.74 Å². The van der Waals surface area contributed by atoms with E-state index in [1.165, 1.54) is 60.5 Å². The maximum Gasteiger partial charge on any atom is 0.337 e. The van der Waals surface area contributed by atoms with Crippen molar-refractivity contribution in [2.24, 2.45) is 0 Å². The minimum Gasteiger partial charge on any atom is -0.465 e. The molecule has 0 aromatic heterocycles. The number of benzene rings is 3. The molecule has 3 amide bonds. The lowest BCUT2D eigenvalue weighted by molar-refractivity contribution is -0.122. The van der Waals surface area contributed by atoms with Crippen molar-refractivity contribution in [2.45, 2.75) is 25.9 Å². The number of hydrogen-bond acceptors (Lipinski definition) is 5. The Kier molecular flexibility index (Phi) is 6.73. The number of aryl methyl sites for hydroxylation is 1. The Bertz CT molecular complexity index is 1290. The van der Waals surface area contributed by atoms with Crippen LogP contribution in [0.25, 0.3) is 0 Å². The van der Waals surface area contributed by atoms with Crippen LogP contribution in [0, 0.1) is 12.7 Å². The molecule has 0 saturated carbocycles. The van der Waals surface area contributed by atoms with Crippen LogP contribution in [0.4, 0.5) is 10.1 Å². The molecule has 1 unspecified atom stereocenters. The zero-order valence-corrected chi connectivity index (χ0v) is 19.2. The maximum atomic E-state index is 13.5. The van der Waals surface area contributed by atoms with Crippen LogP contribution >= 0.6 is 0 Å². The molecule has 0 aliphatic carbocycles. The lowest BCUT2D eigenvalue weighted by atomic mass is 10.1. The van der Waals surface area contributed by atoms with Gasteiger partial charge in [0, 0.05) is 12.1 Å². The average molecular weight is 474 g/mol. The van der Waals surface area contributed by atoms with Crippen LogP contribution in [0.2, 0.25) is 0 Å². The zero-order valence-electron chi connectivity index (χ0n) is 19.2. The highest BCUT2D eigenvalue weighted by Gasteiger charge is 2.44. The Hall–Kier alpha value is -4.33. The molecule has 1 aliphatic heterocycles. The normalized spacial score (nSPS) is 15.3. The molecule has 1 fully saturated rings. The number of carbonyl (C=O) groups excluding carboxylic acids is 4. The number of amides is 3. The average Bonchev–Trinajstić information content (AvgIpc) is 3.16. The summed E-state index contributed by atoms with van der Waals surface area (Å²) in [5.74, 6) is -2.38. The van der Waals surface area contributed by atoms with E-state index >= 15 is 0 Å². The fourth-order valence-electron chi connectivity index (χ4n) is 4.05. The van der Waals surface area contributed by atoms with Crippen LogP contribution in [0.5, 0.6) is 0 Å². The van der Waals surface area contributed by atoms with E-state index in [-0.39, 0.29) is 18.5 Å². The number of methoxy groups -OCH3 is 1. The summed E-state index contributed by atoms with van der Waals surface area (Å²) in [5, 5.41) is 0.